The second kappa shape index (κ2) is 7.78. The Morgan fingerprint density at radius 3 is 2.55 bits per heavy atom. The molecule has 1 N–H and O–H groups in total. The average Bonchev–Trinajstić information content (AvgIpc) is 3.19. The van der Waals surface area contributed by atoms with Crippen molar-refractivity contribution < 1.29 is 9.53 Å². The fraction of sp³-hybridized carbons (Fsp3) is 0.944. The predicted molar refractivity (Wildman–Crippen MR) is 87.7 cm³/mol. The van der Waals surface area contributed by atoms with E-state index >= 15 is 0 Å². The lowest BCUT2D eigenvalue weighted by atomic mass is 9.86. The zero-order chi connectivity index (χ0) is 15.4. The molecule has 3 fully saturated rings. The number of nitrogens with one attached hydrogen (secondary N) is 1. The molecule has 2 saturated carbocycles. The Bertz CT molecular complexity index is 356. The van der Waals surface area contributed by atoms with Gasteiger partial charge in [0.2, 0.25) is 5.91 Å². The molecule has 1 unspecified atom stereocenters. The highest BCUT2D eigenvalue weighted by Crippen LogP contribution is 2.29. The summed E-state index contributed by atoms with van der Waals surface area (Å²) < 4.78 is 5.78. The molecule has 0 bridgehead atoms. The van der Waals surface area contributed by atoms with Crippen LogP contribution in [-0.4, -0.2) is 49.2 Å². The Balaban J connectivity index is 1.52. The minimum absolute atomic E-state index is 0.270. The minimum Gasteiger partial charge on any atom is -0.376 e. The highest BCUT2D eigenvalue weighted by Gasteiger charge is 2.30. The van der Waals surface area contributed by atoms with Crippen LogP contribution in [0.25, 0.3) is 0 Å². The first-order chi connectivity index (χ1) is 10.7. The molecule has 1 amide bonds. The largest absolute Gasteiger partial charge is 0.376 e. The molecule has 2 aliphatic carbocycles. The molecular formula is C18H32N2O2. The third kappa shape index (κ3) is 4.69. The molecule has 3 rings (SSSR count). The van der Waals surface area contributed by atoms with Crippen LogP contribution in [0.2, 0.25) is 0 Å². The third-order valence-corrected chi connectivity index (χ3v) is 5.58. The smallest absolute Gasteiger partial charge is 0.236 e. The molecule has 4 heteroatoms. The lowest BCUT2D eigenvalue weighted by Gasteiger charge is -2.37. The van der Waals surface area contributed by atoms with E-state index in [2.05, 4.69) is 17.1 Å². The van der Waals surface area contributed by atoms with Crippen LogP contribution in [0.4, 0.5) is 0 Å². The number of hydrogen-bond acceptors (Lipinski definition) is 3. The van der Waals surface area contributed by atoms with Crippen molar-refractivity contribution in [3.63, 3.8) is 0 Å². The first-order valence-electron chi connectivity index (χ1n) is 9.34. The van der Waals surface area contributed by atoms with Crippen molar-refractivity contribution in [2.24, 2.45) is 11.8 Å². The molecule has 4 nitrogen and oxygen atoms in total. The second-order valence-corrected chi connectivity index (χ2v) is 7.67. The molecule has 1 atom stereocenters. The Morgan fingerprint density at radius 2 is 1.91 bits per heavy atom. The van der Waals surface area contributed by atoms with E-state index < -0.39 is 0 Å². The van der Waals surface area contributed by atoms with Crippen LogP contribution < -0.4 is 5.32 Å². The topological polar surface area (TPSA) is 41.6 Å². The fourth-order valence-corrected chi connectivity index (χ4v) is 3.82. The number of nitrogens with zero attached hydrogens (tertiary/aromatic N) is 1. The number of amides is 1. The van der Waals surface area contributed by atoms with Crippen LogP contribution in [0.1, 0.15) is 58.3 Å². The van der Waals surface area contributed by atoms with Gasteiger partial charge in [0.25, 0.3) is 0 Å². The number of carbonyl (C=O) groups is 1. The van der Waals surface area contributed by atoms with Gasteiger partial charge in [-0.05, 0) is 69.7 Å². The van der Waals surface area contributed by atoms with Gasteiger partial charge in [0.1, 0.15) is 0 Å². The van der Waals surface area contributed by atoms with E-state index in [0.717, 1.165) is 44.4 Å². The molecule has 22 heavy (non-hydrogen) atoms. The highest BCUT2D eigenvalue weighted by atomic mass is 16.5. The summed E-state index contributed by atoms with van der Waals surface area (Å²) in [5, 5.41) is 3.37. The van der Waals surface area contributed by atoms with Gasteiger partial charge in [-0.3, -0.25) is 4.79 Å². The zero-order valence-corrected chi connectivity index (χ0v) is 14.1. The minimum atomic E-state index is 0.270. The van der Waals surface area contributed by atoms with Gasteiger partial charge in [0, 0.05) is 19.2 Å². The number of carbonyl (C=O) groups excluding carboxylic acids is 1. The van der Waals surface area contributed by atoms with Crippen molar-refractivity contribution in [2.45, 2.75) is 70.4 Å². The molecule has 1 aliphatic heterocycles. The maximum absolute atomic E-state index is 12.7. The first-order valence-corrected chi connectivity index (χ1v) is 9.34. The highest BCUT2D eigenvalue weighted by molar-refractivity contribution is 5.78. The molecule has 0 aromatic rings. The zero-order valence-electron chi connectivity index (χ0n) is 14.1. The molecule has 0 spiro atoms. The quantitative estimate of drug-likeness (QED) is 0.786. The van der Waals surface area contributed by atoms with Crippen LogP contribution in [0.15, 0.2) is 0 Å². The van der Waals surface area contributed by atoms with Crippen LogP contribution in [0.5, 0.6) is 0 Å². The second-order valence-electron chi connectivity index (χ2n) is 7.67. The Hall–Kier alpha value is -0.610. The van der Waals surface area contributed by atoms with Crippen LogP contribution in [0.3, 0.4) is 0 Å². The van der Waals surface area contributed by atoms with Crippen LogP contribution in [0, 0.1) is 11.8 Å². The predicted octanol–water partition coefficient (Wildman–Crippen LogP) is 2.57. The molecule has 1 saturated heterocycles. The molecule has 0 aromatic heterocycles. The standard InChI is InChI=1S/C18H32N2O2/c1-14-4-8-16(9-5-14)20(13-17-3-2-10-22-17)18(21)12-19-11-15-6-7-15/h14-17,19H,2-13H2,1H3. The van der Waals surface area contributed by atoms with Gasteiger partial charge in [-0.2, -0.15) is 0 Å². The monoisotopic (exact) mass is 308 g/mol. The SMILES string of the molecule is CC1CCC(N(CC2CCCO2)C(=O)CNCC2CC2)CC1. The third-order valence-electron chi connectivity index (χ3n) is 5.58. The number of hydrogen-bond donors (Lipinski definition) is 1. The van der Waals surface area contributed by atoms with Gasteiger partial charge >= 0.3 is 0 Å². The van der Waals surface area contributed by atoms with E-state index in [0.29, 0.717) is 12.6 Å². The van der Waals surface area contributed by atoms with Crippen molar-refractivity contribution >= 4 is 5.91 Å². The Morgan fingerprint density at radius 1 is 1.14 bits per heavy atom. The van der Waals surface area contributed by atoms with Gasteiger partial charge in [-0.15, -0.1) is 0 Å². The maximum atomic E-state index is 12.7. The van der Waals surface area contributed by atoms with Crippen LogP contribution >= 0.6 is 0 Å². The molecule has 3 aliphatic rings. The van der Waals surface area contributed by atoms with Crippen molar-refractivity contribution in [3.05, 3.63) is 0 Å². The summed E-state index contributed by atoms with van der Waals surface area (Å²) in [5.41, 5.74) is 0. The van der Waals surface area contributed by atoms with Gasteiger partial charge in [-0.1, -0.05) is 6.92 Å². The number of ether oxygens (including phenoxy) is 1. The lowest BCUT2D eigenvalue weighted by Crippen LogP contribution is -2.49. The van der Waals surface area contributed by atoms with E-state index in [9.17, 15) is 4.79 Å². The summed E-state index contributed by atoms with van der Waals surface area (Å²) in [4.78, 5) is 14.9. The van der Waals surface area contributed by atoms with Gasteiger partial charge < -0.3 is 15.0 Å². The Kier molecular flexibility index (Phi) is 5.75. The van der Waals surface area contributed by atoms with Crippen LogP contribution in [-0.2, 0) is 9.53 Å². The van der Waals surface area contributed by atoms with Gasteiger partial charge in [0.05, 0.1) is 12.6 Å². The summed E-state index contributed by atoms with van der Waals surface area (Å²) in [6.45, 7) is 5.54. The maximum Gasteiger partial charge on any atom is 0.236 e. The van der Waals surface area contributed by atoms with Crippen molar-refractivity contribution in [3.8, 4) is 0 Å². The fourth-order valence-electron chi connectivity index (χ4n) is 3.82. The van der Waals surface area contributed by atoms with E-state index in [4.69, 9.17) is 4.74 Å². The van der Waals surface area contributed by atoms with Crippen molar-refractivity contribution in [1.29, 1.82) is 0 Å². The van der Waals surface area contributed by atoms with Crippen molar-refractivity contribution in [1.82, 2.24) is 10.2 Å². The molecule has 1 heterocycles. The lowest BCUT2D eigenvalue weighted by molar-refractivity contribution is -0.135. The van der Waals surface area contributed by atoms with E-state index in [1.165, 1.54) is 38.5 Å². The summed E-state index contributed by atoms with van der Waals surface area (Å²) in [6, 6.07) is 0.440. The number of rotatable bonds is 7. The average molecular weight is 308 g/mol. The summed E-state index contributed by atoms with van der Waals surface area (Å²) >= 11 is 0. The first kappa shape index (κ1) is 16.3. The summed E-state index contributed by atoms with van der Waals surface area (Å²) in [7, 11) is 0. The molecule has 0 aromatic carbocycles. The van der Waals surface area contributed by atoms with E-state index in [1.807, 2.05) is 0 Å². The summed E-state index contributed by atoms with van der Waals surface area (Å²) in [5.74, 6) is 1.94. The summed E-state index contributed by atoms with van der Waals surface area (Å²) in [6.07, 6.45) is 10.1. The normalized spacial score (nSPS) is 32.1. The molecular weight excluding hydrogens is 276 g/mol. The van der Waals surface area contributed by atoms with Crippen molar-refractivity contribution in [2.75, 3.05) is 26.2 Å². The van der Waals surface area contributed by atoms with Gasteiger partial charge in [0.15, 0.2) is 0 Å². The Labute approximate surface area is 135 Å². The molecule has 126 valence electrons. The molecule has 0 radical (unpaired) electrons. The van der Waals surface area contributed by atoms with E-state index in [-0.39, 0.29) is 12.0 Å². The van der Waals surface area contributed by atoms with Gasteiger partial charge in [-0.25, -0.2) is 0 Å². The van der Waals surface area contributed by atoms with E-state index in [1.54, 1.807) is 0 Å².